The Labute approximate surface area is 68.6 Å². The monoisotopic (exact) mass is 153 g/mol. The molecule has 0 aliphatic heterocycles. The third kappa shape index (κ3) is 3.34. The predicted molar refractivity (Wildman–Crippen MR) is 48.4 cm³/mol. The SMILES string of the molecule is [B]=C(N)CN(C)C(C)(O)C=C. The summed E-state index contributed by atoms with van der Waals surface area (Å²) < 4.78 is 0. The summed E-state index contributed by atoms with van der Waals surface area (Å²) in [6.07, 6.45) is 1.43. The molecule has 1 radical (unpaired) electrons. The van der Waals surface area contributed by atoms with Crippen molar-refractivity contribution in [3.63, 3.8) is 0 Å². The van der Waals surface area contributed by atoms with Gasteiger partial charge in [-0.3, -0.25) is 0 Å². The number of aliphatic hydroxyl groups is 1. The molecule has 4 heteroatoms. The van der Waals surface area contributed by atoms with Crippen LogP contribution in [0, 0.1) is 0 Å². The van der Waals surface area contributed by atoms with Crippen molar-refractivity contribution in [2.24, 2.45) is 5.73 Å². The van der Waals surface area contributed by atoms with Crippen molar-refractivity contribution in [2.45, 2.75) is 12.6 Å². The average Bonchev–Trinajstić information content (AvgIpc) is 1.86. The Morgan fingerprint density at radius 3 is 2.64 bits per heavy atom. The third-order valence-electron chi connectivity index (χ3n) is 1.58. The fourth-order valence-corrected chi connectivity index (χ4v) is 0.590. The van der Waals surface area contributed by atoms with Crippen LogP contribution in [0.5, 0.6) is 0 Å². The molecule has 0 bridgehead atoms. The summed E-state index contributed by atoms with van der Waals surface area (Å²) in [7, 11) is 6.96. The van der Waals surface area contributed by atoms with Crippen LogP contribution in [0.2, 0.25) is 0 Å². The molecule has 61 valence electrons. The van der Waals surface area contributed by atoms with E-state index in [9.17, 15) is 5.11 Å². The van der Waals surface area contributed by atoms with Gasteiger partial charge in [-0.15, -0.1) is 0 Å². The van der Waals surface area contributed by atoms with E-state index in [1.807, 2.05) is 0 Å². The molecular weight excluding hydrogens is 139 g/mol. The Hall–Kier alpha value is -0.605. The van der Waals surface area contributed by atoms with Gasteiger partial charge in [-0.05, 0) is 0 Å². The van der Waals surface area contributed by atoms with Crippen molar-refractivity contribution >= 4 is 13.1 Å². The molecule has 0 heterocycles. The van der Waals surface area contributed by atoms with Gasteiger partial charge in [-0.25, -0.2) is 0 Å². The molecule has 1 unspecified atom stereocenters. The van der Waals surface area contributed by atoms with Gasteiger partial charge in [0.2, 0.25) is 0 Å². The fourth-order valence-electron chi connectivity index (χ4n) is 0.590. The van der Waals surface area contributed by atoms with Crippen LogP contribution in [0.3, 0.4) is 0 Å². The molecule has 0 aromatic carbocycles. The topological polar surface area (TPSA) is 49.5 Å². The molecule has 0 aliphatic rings. The van der Waals surface area contributed by atoms with Crippen LogP contribution >= 0.6 is 0 Å². The van der Waals surface area contributed by atoms with E-state index in [-0.39, 0.29) is 5.59 Å². The molecule has 0 aliphatic carbocycles. The number of nitrogens with zero attached hydrogens (tertiary/aromatic N) is 1. The molecule has 0 fully saturated rings. The predicted octanol–water partition coefficient (Wildman–Crippen LogP) is -0.930. The minimum absolute atomic E-state index is 0.273. The van der Waals surface area contributed by atoms with Gasteiger partial charge in [-0.2, -0.15) is 0 Å². The van der Waals surface area contributed by atoms with Crippen LogP contribution < -0.4 is 5.73 Å². The number of hydrogen-bond donors (Lipinski definition) is 2. The third-order valence-corrected chi connectivity index (χ3v) is 1.58. The van der Waals surface area contributed by atoms with Crippen molar-refractivity contribution in [3.8, 4) is 0 Å². The Kier molecular flexibility index (Phi) is 3.49. The zero-order valence-corrected chi connectivity index (χ0v) is 7.04. The standard InChI is InChI=1S/C7H14BN2O/c1-4-7(2,11)10(3)5-6(8)9/h4,11H,1,5,9H2,2-3H3. The van der Waals surface area contributed by atoms with Gasteiger partial charge < -0.3 is 0 Å². The van der Waals surface area contributed by atoms with Gasteiger partial charge in [0.1, 0.15) is 0 Å². The molecule has 0 aromatic heterocycles. The maximum atomic E-state index is 9.52. The van der Waals surface area contributed by atoms with E-state index < -0.39 is 5.72 Å². The maximum absolute atomic E-state index is 9.52. The first-order chi connectivity index (χ1) is 4.90. The van der Waals surface area contributed by atoms with Gasteiger partial charge in [0, 0.05) is 0 Å². The first kappa shape index (κ1) is 10.4. The molecule has 0 saturated carbocycles. The van der Waals surface area contributed by atoms with Crippen LogP contribution in [-0.4, -0.2) is 42.4 Å². The minimum atomic E-state index is -1.05. The van der Waals surface area contributed by atoms with Crippen molar-refractivity contribution in [1.82, 2.24) is 4.90 Å². The Morgan fingerprint density at radius 1 is 1.91 bits per heavy atom. The molecule has 3 nitrogen and oxygen atoms in total. The van der Waals surface area contributed by atoms with Crippen LogP contribution in [0.4, 0.5) is 0 Å². The van der Waals surface area contributed by atoms with Gasteiger partial charge in [0.25, 0.3) is 0 Å². The van der Waals surface area contributed by atoms with E-state index in [0.29, 0.717) is 6.54 Å². The second-order valence-electron chi connectivity index (χ2n) is 2.73. The number of hydrogen-bond acceptors (Lipinski definition) is 3. The zero-order valence-electron chi connectivity index (χ0n) is 7.04. The number of likely N-dealkylation sites (N-methyl/N-ethyl adjacent to an activating group) is 1. The average molecular weight is 153 g/mol. The molecule has 0 rings (SSSR count). The van der Waals surface area contributed by atoms with E-state index in [0.717, 1.165) is 0 Å². The second-order valence-corrected chi connectivity index (χ2v) is 2.73. The van der Waals surface area contributed by atoms with E-state index in [1.165, 1.54) is 6.08 Å². The number of nitrogens with two attached hydrogens (primary N) is 1. The summed E-state index contributed by atoms with van der Waals surface area (Å²) in [5.41, 5.74) is 4.47. The van der Waals surface area contributed by atoms with Gasteiger partial charge in [-0.1, -0.05) is 0 Å². The van der Waals surface area contributed by atoms with Crippen molar-refractivity contribution < 1.29 is 5.11 Å². The zero-order chi connectivity index (χ0) is 9.07. The molecule has 11 heavy (non-hydrogen) atoms. The van der Waals surface area contributed by atoms with Crippen molar-refractivity contribution in [1.29, 1.82) is 0 Å². The van der Waals surface area contributed by atoms with Gasteiger partial charge >= 0.3 is 67.7 Å². The van der Waals surface area contributed by atoms with Crippen LogP contribution in [0.1, 0.15) is 6.92 Å². The summed E-state index contributed by atoms with van der Waals surface area (Å²) in [5.74, 6) is 0. The van der Waals surface area contributed by atoms with Crippen molar-refractivity contribution in [3.05, 3.63) is 12.7 Å². The molecule has 3 N–H and O–H groups in total. The van der Waals surface area contributed by atoms with E-state index in [4.69, 9.17) is 13.2 Å². The Bertz CT molecular complexity index is 168. The van der Waals surface area contributed by atoms with Crippen LogP contribution in [0.25, 0.3) is 0 Å². The van der Waals surface area contributed by atoms with Gasteiger partial charge in [0.05, 0.1) is 0 Å². The number of rotatable bonds is 4. The molecule has 0 amide bonds. The second kappa shape index (κ2) is 3.69. The summed E-state index contributed by atoms with van der Waals surface area (Å²) in [6.45, 7) is 5.44. The molecule has 0 saturated heterocycles. The molecular formula is C7H14BN2O. The van der Waals surface area contributed by atoms with Crippen LogP contribution in [0.15, 0.2) is 12.7 Å². The molecule has 1 atom stereocenters. The first-order valence-electron chi connectivity index (χ1n) is 3.34. The summed E-state index contributed by atoms with van der Waals surface area (Å²) >= 11 is 0. The van der Waals surface area contributed by atoms with E-state index >= 15 is 0 Å². The Balaban J connectivity index is 4.11. The van der Waals surface area contributed by atoms with E-state index in [1.54, 1.807) is 18.9 Å². The van der Waals surface area contributed by atoms with Crippen molar-refractivity contribution in [2.75, 3.05) is 13.6 Å². The molecule has 0 spiro atoms. The fraction of sp³-hybridized carbons (Fsp3) is 0.571. The Morgan fingerprint density at radius 2 is 2.36 bits per heavy atom. The summed E-state index contributed by atoms with van der Waals surface area (Å²) in [5, 5.41) is 9.52. The summed E-state index contributed by atoms with van der Waals surface area (Å²) in [6, 6.07) is 0. The first-order valence-corrected chi connectivity index (χ1v) is 3.34. The van der Waals surface area contributed by atoms with Crippen LogP contribution in [-0.2, 0) is 0 Å². The quantitative estimate of drug-likeness (QED) is 0.311. The summed E-state index contributed by atoms with van der Waals surface area (Å²) in [4.78, 5) is 1.59. The normalized spacial score (nSPS) is 15.9. The molecule has 0 aromatic rings. The van der Waals surface area contributed by atoms with E-state index in [2.05, 4.69) is 6.58 Å². The van der Waals surface area contributed by atoms with Gasteiger partial charge in [0.15, 0.2) is 0 Å².